The van der Waals surface area contributed by atoms with Crippen molar-refractivity contribution in [1.29, 1.82) is 0 Å². The molecule has 5 nitrogen and oxygen atoms in total. The third kappa shape index (κ3) is 1.88. The molecule has 114 valence electrons. The van der Waals surface area contributed by atoms with E-state index in [0.717, 1.165) is 28.6 Å². The van der Waals surface area contributed by atoms with Gasteiger partial charge in [-0.2, -0.15) is 4.52 Å². The molecule has 1 N–H and O–H groups in total. The number of aryl methyl sites for hydroxylation is 2. The van der Waals surface area contributed by atoms with E-state index in [1.165, 1.54) is 27.8 Å². The van der Waals surface area contributed by atoms with E-state index in [0.29, 0.717) is 11.5 Å². The van der Waals surface area contributed by atoms with Crippen LogP contribution in [-0.2, 0) is 12.8 Å². The largest absolute Gasteiger partial charge is 0.349 e. The van der Waals surface area contributed by atoms with Gasteiger partial charge in [0.25, 0.3) is 0 Å². The molecule has 1 aliphatic rings. The van der Waals surface area contributed by atoms with Crippen molar-refractivity contribution < 1.29 is 0 Å². The van der Waals surface area contributed by atoms with Crippen LogP contribution in [0.1, 0.15) is 23.3 Å². The van der Waals surface area contributed by atoms with Crippen LogP contribution in [0.3, 0.4) is 0 Å². The second kappa shape index (κ2) is 4.76. The van der Waals surface area contributed by atoms with E-state index in [1.54, 1.807) is 11.3 Å². The van der Waals surface area contributed by atoms with Crippen molar-refractivity contribution in [2.24, 2.45) is 0 Å². The predicted octanol–water partition coefficient (Wildman–Crippen LogP) is 3.18. The molecule has 0 spiro atoms. The number of hydrogen-bond acceptors (Lipinski definition) is 4. The fraction of sp³-hybridized carbons (Fsp3) is 0.235. The van der Waals surface area contributed by atoms with Gasteiger partial charge in [0.05, 0.1) is 5.39 Å². The summed E-state index contributed by atoms with van der Waals surface area (Å²) in [6, 6.07) is 9.78. The zero-order valence-corrected chi connectivity index (χ0v) is 13.2. The summed E-state index contributed by atoms with van der Waals surface area (Å²) in [4.78, 5) is 22.4. The highest BCUT2D eigenvalue weighted by Crippen LogP contribution is 2.36. The van der Waals surface area contributed by atoms with Gasteiger partial charge < -0.3 is 0 Å². The van der Waals surface area contributed by atoms with Crippen LogP contribution in [0.4, 0.5) is 0 Å². The number of H-pyrrole nitrogens is 1. The van der Waals surface area contributed by atoms with Gasteiger partial charge in [-0.05, 0) is 31.2 Å². The Morgan fingerprint density at radius 1 is 1.13 bits per heavy atom. The molecule has 23 heavy (non-hydrogen) atoms. The lowest BCUT2D eigenvalue weighted by molar-refractivity contribution is 0.700. The molecule has 0 unspecified atom stereocenters. The summed E-state index contributed by atoms with van der Waals surface area (Å²) in [5.41, 5.74) is 2.74. The molecule has 1 aliphatic carbocycles. The zero-order chi connectivity index (χ0) is 15.4. The van der Waals surface area contributed by atoms with Crippen LogP contribution < -0.4 is 5.69 Å². The monoisotopic (exact) mass is 322 g/mol. The Kier molecular flexibility index (Phi) is 2.69. The fourth-order valence-corrected chi connectivity index (χ4v) is 4.64. The first-order valence-corrected chi connectivity index (χ1v) is 8.61. The van der Waals surface area contributed by atoms with Crippen LogP contribution in [-0.4, -0.2) is 19.6 Å². The average molecular weight is 322 g/mol. The molecule has 0 radical (unpaired) electrons. The van der Waals surface area contributed by atoms with Crippen LogP contribution in [0.25, 0.3) is 27.3 Å². The summed E-state index contributed by atoms with van der Waals surface area (Å²) < 4.78 is 1.41. The van der Waals surface area contributed by atoms with E-state index in [-0.39, 0.29) is 5.69 Å². The minimum atomic E-state index is -0.222. The highest BCUT2D eigenvalue weighted by molar-refractivity contribution is 7.19. The third-order valence-electron chi connectivity index (χ3n) is 4.45. The summed E-state index contributed by atoms with van der Waals surface area (Å²) in [5.74, 6) is 0.597. The molecule has 0 saturated heterocycles. The number of rotatable bonds is 1. The first-order valence-electron chi connectivity index (χ1n) is 7.80. The number of aromatic nitrogens is 4. The van der Waals surface area contributed by atoms with Crippen LogP contribution in [0, 0.1) is 0 Å². The molecule has 0 aliphatic heterocycles. The fourth-order valence-electron chi connectivity index (χ4n) is 3.37. The van der Waals surface area contributed by atoms with Crippen LogP contribution in [0.5, 0.6) is 0 Å². The van der Waals surface area contributed by atoms with E-state index in [1.807, 2.05) is 30.3 Å². The van der Waals surface area contributed by atoms with Crippen molar-refractivity contribution in [3.05, 3.63) is 51.3 Å². The molecule has 4 aromatic rings. The van der Waals surface area contributed by atoms with Crippen LogP contribution in [0.2, 0.25) is 0 Å². The third-order valence-corrected chi connectivity index (χ3v) is 5.65. The second-order valence-electron chi connectivity index (χ2n) is 5.88. The number of hydrogen-bond donors (Lipinski definition) is 1. The van der Waals surface area contributed by atoms with Crippen LogP contribution >= 0.6 is 11.3 Å². The smallest absolute Gasteiger partial charge is 0.297 e. The number of nitrogens with one attached hydrogen (secondary N) is 1. The van der Waals surface area contributed by atoms with Gasteiger partial charge in [0, 0.05) is 10.4 Å². The van der Waals surface area contributed by atoms with Gasteiger partial charge in [0.2, 0.25) is 0 Å². The number of fused-ring (bicyclic) bond motifs is 5. The van der Waals surface area contributed by atoms with Gasteiger partial charge in [0.15, 0.2) is 11.5 Å². The van der Waals surface area contributed by atoms with Crippen molar-refractivity contribution in [3.8, 4) is 11.4 Å². The second-order valence-corrected chi connectivity index (χ2v) is 6.99. The average Bonchev–Trinajstić information content (AvgIpc) is 3.17. The molecule has 0 saturated carbocycles. The number of thiophene rings is 1. The Labute approximate surface area is 135 Å². The maximum atomic E-state index is 12.4. The number of aromatic amines is 1. The topological polar surface area (TPSA) is 63.0 Å². The molecule has 1 aromatic carbocycles. The van der Waals surface area contributed by atoms with Crippen molar-refractivity contribution in [2.75, 3.05) is 0 Å². The van der Waals surface area contributed by atoms with Crippen LogP contribution in [0.15, 0.2) is 35.1 Å². The lowest BCUT2D eigenvalue weighted by Gasteiger charge is -2.09. The minimum Gasteiger partial charge on any atom is -0.297 e. The Morgan fingerprint density at radius 3 is 2.83 bits per heavy atom. The number of nitrogens with zero attached hydrogens (tertiary/aromatic N) is 3. The van der Waals surface area contributed by atoms with Gasteiger partial charge in [-0.25, -0.2) is 9.78 Å². The highest BCUT2D eigenvalue weighted by atomic mass is 32.1. The summed E-state index contributed by atoms with van der Waals surface area (Å²) in [7, 11) is 0. The maximum absolute atomic E-state index is 12.4. The molecule has 0 fully saturated rings. The Bertz CT molecular complexity index is 1090. The van der Waals surface area contributed by atoms with Gasteiger partial charge in [0.1, 0.15) is 4.83 Å². The quantitative estimate of drug-likeness (QED) is 0.585. The molecular formula is C17H14N4OS. The molecule has 0 bridgehead atoms. The van der Waals surface area contributed by atoms with Crippen molar-refractivity contribution in [3.63, 3.8) is 0 Å². The van der Waals surface area contributed by atoms with E-state index < -0.39 is 0 Å². The zero-order valence-electron chi connectivity index (χ0n) is 12.4. The minimum absolute atomic E-state index is 0.222. The van der Waals surface area contributed by atoms with Gasteiger partial charge in [-0.3, -0.25) is 4.98 Å². The molecule has 3 aromatic heterocycles. The van der Waals surface area contributed by atoms with E-state index >= 15 is 0 Å². The molecule has 6 heteroatoms. The van der Waals surface area contributed by atoms with Gasteiger partial charge >= 0.3 is 5.69 Å². The lowest BCUT2D eigenvalue weighted by Crippen LogP contribution is -2.17. The lowest BCUT2D eigenvalue weighted by atomic mass is 9.97. The Morgan fingerprint density at radius 2 is 1.96 bits per heavy atom. The van der Waals surface area contributed by atoms with E-state index in [2.05, 4.69) is 10.1 Å². The Balaban J connectivity index is 1.87. The normalized spacial score (nSPS) is 14.4. The SMILES string of the molecule is O=c1[nH]c2sc3c(c2c2nc(-c4ccccc4)nn12)CCCC3. The standard InChI is InChI=1S/C17H14N4OS/c22-17-19-16-13(11-8-4-5-9-12(11)23-16)15-18-14(20-21(15)17)10-6-2-1-3-7-10/h1-3,6-7H,4-5,8-9H2,(H,19,22). The first-order chi connectivity index (χ1) is 11.3. The highest BCUT2D eigenvalue weighted by Gasteiger charge is 2.21. The summed E-state index contributed by atoms with van der Waals surface area (Å²) in [6.07, 6.45) is 4.58. The first kappa shape index (κ1) is 13.0. The molecule has 0 atom stereocenters. The maximum Gasteiger partial charge on any atom is 0.349 e. The van der Waals surface area contributed by atoms with Gasteiger partial charge in [-0.15, -0.1) is 16.4 Å². The predicted molar refractivity (Wildman–Crippen MR) is 91.1 cm³/mol. The summed E-state index contributed by atoms with van der Waals surface area (Å²) >= 11 is 1.70. The molecule has 3 heterocycles. The van der Waals surface area contributed by atoms with E-state index in [9.17, 15) is 4.79 Å². The molecule has 0 amide bonds. The van der Waals surface area contributed by atoms with Crippen molar-refractivity contribution in [2.45, 2.75) is 25.7 Å². The van der Waals surface area contributed by atoms with E-state index in [4.69, 9.17) is 4.98 Å². The number of benzene rings is 1. The van der Waals surface area contributed by atoms with Crippen molar-refractivity contribution >= 4 is 27.2 Å². The van der Waals surface area contributed by atoms with Crippen molar-refractivity contribution in [1.82, 2.24) is 19.6 Å². The summed E-state index contributed by atoms with van der Waals surface area (Å²) in [6.45, 7) is 0. The van der Waals surface area contributed by atoms with Gasteiger partial charge in [-0.1, -0.05) is 30.3 Å². The molecule has 5 rings (SSSR count). The summed E-state index contributed by atoms with van der Waals surface area (Å²) in [5, 5.41) is 5.51. The Hall–Kier alpha value is -2.47. The molecular weight excluding hydrogens is 308 g/mol.